The number of carboxylic acid groups (broad SMARTS) is 1. The van der Waals surface area contributed by atoms with Crippen molar-refractivity contribution in [1.82, 2.24) is 4.98 Å². The molecule has 0 saturated heterocycles. The van der Waals surface area contributed by atoms with Gasteiger partial charge in [-0.15, -0.1) is 11.3 Å². The number of thiazole rings is 1. The van der Waals surface area contributed by atoms with Gasteiger partial charge in [0.05, 0.1) is 10.2 Å². The Hall–Kier alpha value is -1.15. The zero-order valence-electron chi connectivity index (χ0n) is 12.6. The lowest BCUT2D eigenvalue weighted by Gasteiger charge is -2.09. The summed E-state index contributed by atoms with van der Waals surface area (Å²) >= 11 is 2.96. The number of aromatic nitrogens is 1. The number of rotatable bonds is 8. The summed E-state index contributed by atoms with van der Waals surface area (Å²) in [5.41, 5.74) is 0.954. The highest BCUT2D eigenvalue weighted by Gasteiger charge is 2.20. The van der Waals surface area contributed by atoms with Gasteiger partial charge in [0, 0.05) is 0 Å². The van der Waals surface area contributed by atoms with E-state index in [9.17, 15) is 9.90 Å². The van der Waals surface area contributed by atoms with Gasteiger partial charge in [-0.2, -0.15) is 0 Å². The molecule has 1 aromatic heterocycles. The van der Waals surface area contributed by atoms with E-state index in [4.69, 9.17) is 5.21 Å². The standard InChI is InChI=1S/C15H19NO2S2.H3NO/c1-2-3-4-5-10-13(14(17)18)20-15-16-11-8-6-7-9-12(11)19-15;1-2/h6-9,13H,2-5,10H2,1H3,(H,17,18);2H,1H2. The Bertz CT molecular complexity index is 542. The number of aliphatic carboxylic acids is 1. The molecule has 1 heterocycles. The molecule has 0 fully saturated rings. The van der Waals surface area contributed by atoms with E-state index in [2.05, 4.69) is 17.8 Å². The highest BCUT2D eigenvalue weighted by molar-refractivity contribution is 8.02. The van der Waals surface area contributed by atoms with Gasteiger partial charge in [-0.25, -0.2) is 10.9 Å². The van der Waals surface area contributed by atoms with Crippen LogP contribution in [0.4, 0.5) is 0 Å². The van der Waals surface area contributed by atoms with Crippen LogP contribution in [0.25, 0.3) is 10.2 Å². The van der Waals surface area contributed by atoms with Crippen LogP contribution in [0.3, 0.4) is 0 Å². The third kappa shape index (κ3) is 5.92. The largest absolute Gasteiger partial charge is 0.480 e. The van der Waals surface area contributed by atoms with Crippen molar-refractivity contribution in [2.45, 2.75) is 48.6 Å². The Labute approximate surface area is 138 Å². The fourth-order valence-electron chi connectivity index (χ4n) is 2.01. The first-order valence-corrected chi connectivity index (χ1v) is 8.91. The highest BCUT2D eigenvalue weighted by Crippen LogP contribution is 2.33. The maximum atomic E-state index is 11.3. The molecule has 2 rings (SSSR count). The first-order chi connectivity index (χ1) is 10.7. The smallest absolute Gasteiger partial charge is 0.317 e. The summed E-state index contributed by atoms with van der Waals surface area (Å²) in [6.07, 6.45) is 5.15. The van der Waals surface area contributed by atoms with E-state index in [1.807, 2.05) is 24.3 Å². The number of carboxylic acids is 1. The van der Waals surface area contributed by atoms with Crippen LogP contribution in [0, 0.1) is 0 Å². The molecule has 122 valence electrons. The van der Waals surface area contributed by atoms with Crippen molar-refractivity contribution in [2.75, 3.05) is 0 Å². The monoisotopic (exact) mass is 342 g/mol. The lowest BCUT2D eigenvalue weighted by atomic mass is 10.1. The topological polar surface area (TPSA) is 96.4 Å². The van der Waals surface area contributed by atoms with Crippen LogP contribution in [-0.2, 0) is 4.79 Å². The predicted molar refractivity (Wildman–Crippen MR) is 91.6 cm³/mol. The van der Waals surface area contributed by atoms with Crippen LogP contribution in [0.1, 0.15) is 39.0 Å². The average Bonchev–Trinajstić information content (AvgIpc) is 2.94. The molecule has 1 aromatic carbocycles. The molecule has 1 atom stereocenters. The lowest BCUT2D eigenvalue weighted by Crippen LogP contribution is -2.15. The van der Waals surface area contributed by atoms with Crippen LogP contribution in [0.15, 0.2) is 28.6 Å². The number of fused-ring (bicyclic) bond motifs is 1. The number of thioether (sulfide) groups is 1. The van der Waals surface area contributed by atoms with Crippen LogP contribution in [0.2, 0.25) is 0 Å². The van der Waals surface area contributed by atoms with Gasteiger partial charge in [0.15, 0.2) is 4.34 Å². The second-order valence-electron chi connectivity index (χ2n) is 4.74. The van der Waals surface area contributed by atoms with Gasteiger partial charge in [-0.05, 0) is 18.6 Å². The van der Waals surface area contributed by atoms with Gasteiger partial charge in [0.25, 0.3) is 0 Å². The molecule has 0 saturated carbocycles. The van der Waals surface area contributed by atoms with Gasteiger partial charge in [-0.1, -0.05) is 56.5 Å². The Balaban J connectivity index is 0.00000116. The van der Waals surface area contributed by atoms with Gasteiger partial charge >= 0.3 is 5.97 Å². The molecule has 7 heteroatoms. The maximum Gasteiger partial charge on any atom is 0.317 e. The number of nitrogens with zero attached hydrogens (tertiary/aromatic N) is 1. The van der Waals surface area contributed by atoms with Crippen LogP contribution >= 0.6 is 23.1 Å². The molecule has 5 nitrogen and oxygen atoms in total. The first-order valence-electron chi connectivity index (χ1n) is 7.21. The Morgan fingerprint density at radius 2 is 2.05 bits per heavy atom. The second kappa shape index (κ2) is 10.6. The number of unbranched alkanes of at least 4 members (excludes halogenated alkanes) is 3. The summed E-state index contributed by atoms with van der Waals surface area (Å²) in [6.45, 7) is 2.16. The number of hydrogen-bond acceptors (Lipinski definition) is 6. The summed E-state index contributed by atoms with van der Waals surface area (Å²) in [4.78, 5) is 15.8. The SMILES string of the molecule is CCCCCCC(Sc1nc2ccccc2s1)C(=O)O.NO. The van der Waals surface area contributed by atoms with E-state index in [1.165, 1.54) is 24.6 Å². The summed E-state index contributed by atoms with van der Waals surface area (Å²) in [7, 11) is 0. The van der Waals surface area contributed by atoms with E-state index in [1.54, 1.807) is 11.3 Å². The zero-order valence-corrected chi connectivity index (χ0v) is 14.2. The minimum Gasteiger partial charge on any atom is -0.480 e. The molecule has 0 amide bonds. The number of para-hydroxylation sites is 1. The summed E-state index contributed by atoms with van der Waals surface area (Å²) in [5.74, 6) is 2.77. The van der Waals surface area contributed by atoms with E-state index in [0.717, 1.165) is 33.8 Å². The Morgan fingerprint density at radius 1 is 1.32 bits per heavy atom. The molecule has 0 bridgehead atoms. The van der Waals surface area contributed by atoms with Crippen LogP contribution in [-0.4, -0.2) is 26.5 Å². The van der Waals surface area contributed by atoms with Crippen LogP contribution in [0.5, 0.6) is 0 Å². The zero-order chi connectivity index (χ0) is 16.4. The molecule has 0 spiro atoms. The van der Waals surface area contributed by atoms with Gasteiger partial charge < -0.3 is 10.3 Å². The summed E-state index contributed by atoms with van der Waals surface area (Å²) < 4.78 is 1.97. The molecule has 4 N–H and O–H groups in total. The van der Waals surface area contributed by atoms with Gasteiger partial charge in [-0.3, -0.25) is 4.79 Å². The summed E-state index contributed by atoms with van der Waals surface area (Å²) in [6, 6.07) is 7.92. The van der Waals surface area contributed by atoms with Crippen molar-refractivity contribution >= 4 is 39.3 Å². The van der Waals surface area contributed by atoms with E-state index in [-0.39, 0.29) is 5.25 Å². The number of benzene rings is 1. The molecule has 0 radical (unpaired) electrons. The van der Waals surface area contributed by atoms with E-state index < -0.39 is 5.97 Å². The predicted octanol–water partition coefficient (Wildman–Crippen LogP) is 4.15. The fourth-order valence-corrected chi connectivity index (χ4v) is 4.30. The second-order valence-corrected chi connectivity index (χ2v) is 7.22. The van der Waals surface area contributed by atoms with Gasteiger partial charge in [0.1, 0.15) is 5.25 Å². The Kier molecular flexibility index (Phi) is 9.07. The molecule has 0 aliphatic heterocycles. The first kappa shape index (κ1) is 18.9. The third-order valence-electron chi connectivity index (χ3n) is 3.11. The van der Waals surface area contributed by atoms with Crippen molar-refractivity contribution in [2.24, 2.45) is 5.90 Å². The number of carbonyl (C=O) groups is 1. The van der Waals surface area contributed by atoms with Crippen molar-refractivity contribution in [3.05, 3.63) is 24.3 Å². The van der Waals surface area contributed by atoms with E-state index in [0.29, 0.717) is 0 Å². The van der Waals surface area contributed by atoms with E-state index >= 15 is 0 Å². The molecule has 22 heavy (non-hydrogen) atoms. The molecular formula is C15H22N2O3S2. The van der Waals surface area contributed by atoms with Crippen molar-refractivity contribution in [1.29, 1.82) is 0 Å². The molecule has 0 aliphatic carbocycles. The Morgan fingerprint density at radius 3 is 2.68 bits per heavy atom. The van der Waals surface area contributed by atoms with Gasteiger partial charge in [0.2, 0.25) is 0 Å². The molecule has 2 aromatic rings. The van der Waals surface area contributed by atoms with Crippen LogP contribution < -0.4 is 5.90 Å². The summed E-state index contributed by atoms with van der Waals surface area (Å²) in [5, 5.41) is 15.4. The molecule has 1 unspecified atom stereocenters. The lowest BCUT2D eigenvalue weighted by molar-refractivity contribution is -0.136. The quantitative estimate of drug-likeness (QED) is 0.379. The van der Waals surface area contributed by atoms with Crippen molar-refractivity contribution in [3.8, 4) is 0 Å². The number of nitrogens with two attached hydrogens (primary N) is 1. The maximum absolute atomic E-state index is 11.3. The third-order valence-corrected chi connectivity index (χ3v) is 5.50. The highest BCUT2D eigenvalue weighted by atomic mass is 32.2. The minimum atomic E-state index is -0.731. The van der Waals surface area contributed by atoms with Crippen molar-refractivity contribution in [3.63, 3.8) is 0 Å². The van der Waals surface area contributed by atoms with Crippen molar-refractivity contribution < 1.29 is 15.1 Å². The average molecular weight is 342 g/mol. The molecule has 0 aliphatic rings. The fraction of sp³-hybridized carbons (Fsp3) is 0.467. The normalized spacial score (nSPS) is 11.8. The number of hydrogen-bond donors (Lipinski definition) is 3. The minimum absolute atomic E-state index is 0.382. The molecular weight excluding hydrogens is 320 g/mol.